The number of amides is 2. The number of aryl methyl sites for hydroxylation is 2. The molecule has 0 spiro atoms. The number of imidazole rings is 1. The van der Waals surface area contributed by atoms with Gasteiger partial charge in [-0.05, 0) is 44.4 Å². The third-order valence-corrected chi connectivity index (χ3v) is 6.16. The highest BCUT2D eigenvalue weighted by molar-refractivity contribution is 5.78. The highest BCUT2D eigenvalue weighted by Crippen LogP contribution is 2.32. The van der Waals surface area contributed by atoms with Gasteiger partial charge in [-0.15, -0.1) is 0 Å². The highest BCUT2D eigenvalue weighted by atomic mass is 16.2. The third-order valence-electron chi connectivity index (χ3n) is 6.16. The first-order valence-electron chi connectivity index (χ1n) is 10.5. The van der Waals surface area contributed by atoms with Crippen molar-refractivity contribution in [3.05, 3.63) is 18.2 Å². The number of fused-ring (bicyclic) bond motifs is 1. The van der Waals surface area contributed by atoms with Crippen LogP contribution in [0.25, 0.3) is 0 Å². The molecule has 2 saturated heterocycles. The third kappa shape index (κ3) is 4.90. The summed E-state index contributed by atoms with van der Waals surface area (Å²) in [6, 6.07) is 0.336. The number of likely N-dealkylation sites (tertiary alicyclic amines) is 2. The van der Waals surface area contributed by atoms with E-state index < -0.39 is 0 Å². The van der Waals surface area contributed by atoms with Crippen LogP contribution < -0.4 is 0 Å². The zero-order valence-electron chi connectivity index (χ0n) is 17.1. The Kier molecular flexibility index (Phi) is 6.55. The minimum Gasteiger partial charge on any atom is -0.342 e. The minimum absolute atomic E-state index is 0.261. The van der Waals surface area contributed by atoms with Crippen LogP contribution in [0.2, 0.25) is 0 Å². The van der Waals surface area contributed by atoms with E-state index in [1.807, 2.05) is 18.0 Å². The normalized spacial score (nSPS) is 23.0. The summed E-state index contributed by atoms with van der Waals surface area (Å²) in [5.74, 6) is 2.63. The van der Waals surface area contributed by atoms with Crippen molar-refractivity contribution in [2.45, 2.75) is 71.9 Å². The lowest BCUT2D eigenvalue weighted by Crippen LogP contribution is -2.57. The quantitative estimate of drug-likeness (QED) is 0.737. The van der Waals surface area contributed by atoms with E-state index in [9.17, 15) is 9.59 Å². The van der Waals surface area contributed by atoms with E-state index >= 15 is 0 Å². The lowest BCUT2D eigenvalue weighted by atomic mass is 9.83. The number of nitrogens with zero attached hydrogens (tertiary/aromatic N) is 4. The average molecular weight is 375 g/mol. The lowest BCUT2D eigenvalue weighted by molar-refractivity contribution is -0.144. The fraction of sp³-hybridized carbons (Fsp3) is 0.762. The van der Waals surface area contributed by atoms with Crippen molar-refractivity contribution < 1.29 is 9.59 Å². The van der Waals surface area contributed by atoms with E-state index in [4.69, 9.17) is 0 Å². The largest absolute Gasteiger partial charge is 0.342 e. The molecule has 2 fully saturated rings. The van der Waals surface area contributed by atoms with Gasteiger partial charge < -0.3 is 14.4 Å². The molecule has 150 valence electrons. The van der Waals surface area contributed by atoms with Gasteiger partial charge in [-0.3, -0.25) is 9.59 Å². The van der Waals surface area contributed by atoms with Gasteiger partial charge in [0.25, 0.3) is 0 Å². The van der Waals surface area contributed by atoms with E-state index in [0.717, 1.165) is 57.7 Å². The zero-order valence-corrected chi connectivity index (χ0v) is 17.1. The van der Waals surface area contributed by atoms with Crippen molar-refractivity contribution in [3.63, 3.8) is 0 Å². The molecule has 0 saturated carbocycles. The smallest absolute Gasteiger partial charge is 0.222 e. The molecule has 2 atom stereocenters. The Balaban J connectivity index is 1.49. The fourth-order valence-electron chi connectivity index (χ4n) is 4.46. The second kappa shape index (κ2) is 8.89. The van der Waals surface area contributed by atoms with E-state index in [-0.39, 0.29) is 5.91 Å². The standard InChI is InChI=1S/C21H34N4O2/c1-16(2)8-13-25-19-9-12-24(15-18(19)6-7-21(25)27)20(26)5-4-11-23-14-10-22-17(23)3/h10,14,16,18-19H,4-9,11-13,15H2,1-3H3/t18-,19+/m0/s1. The summed E-state index contributed by atoms with van der Waals surface area (Å²) in [6.07, 6.45) is 8.77. The Morgan fingerprint density at radius 2 is 2.11 bits per heavy atom. The Labute approximate surface area is 162 Å². The van der Waals surface area contributed by atoms with Gasteiger partial charge in [0.05, 0.1) is 0 Å². The molecular formula is C21H34N4O2. The van der Waals surface area contributed by atoms with Crippen LogP contribution in [0.5, 0.6) is 0 Å². The number of carbonyl (C=O) groups excluding carboxylic acids is 2. The topological polar surface area (TPSA) is 58.4 Å². The number of carbonyl (C=O) groups is 2. The van der Waals surface area contributed by atoms with Crippen LogP contribution in [0.4, 0.5) is 0 Å². The van der Waals surface area contributed by atoms with Crippen LogP contribution in [0.1, 0.15) is 58.2 Å². The summed E-state index contributed by atoms with van der Waals surface area (Å²) in [4.78, 5) is 33.5. The highest BCUT2D eigenvalue weighted by Gasteiger charge is 2.39. The first kappa shape index (κ1) is 19.9. The van der Waals surface area contributed by atoms with Crippen LogP contribution in [-0.2, 0) is 16.1 Å². The number of hydrogen-bond donors (Lipinski definition) is 0. The molecule has 0 radical (unpaired) electrons. The molecule has 27 heavy (non-hydrogen) atoms. The van der Waals surface area contributed by atoms with Crippen LogP contribution in [0.15, 0.2) is 12.4 Å². The molecule has 2 aliphatic heterocycles. The van der Waals surface area contributed by atoms with Crippen molar-refractivity contribution in [1.29, 1.82) is 0 Å². The Bertz CT molecular complexity index is 654. The van der Waals surface area contributed by atoms with Crippen molar-refractivity contribution in [2.24, 2.45) is 11.8 Å². The summed E-state index contributed by atoms with van der Waals surface area (Å²) < 4.78 is 2.10. The Morgan fingerprint density at radius 3 is 2.81 bits per heavy atom. The van der Waals surface area contributed by atoms with Crippen LogP contribution in [0.3, 0.4) is 0 Å². The molecule has 0 N–H and O–H groups in total. The van der Waals surface area contributed by atoms with Gasteiger partial charge in [0.15, 0.2) is 0 Å². The molecular weight excluding hydrogens is 340 g/mol. The van der Waals surface area contributed by atoms with E-state index in [0.29, 0.717) is 36.6 Å². The monoisotopic (exact) mass is 374 g/mol. The maximum absolute atomic E-state index is 12.7. The van der Waals surface area contributed by atoms with Gasteiger partial charge in [0.1, 0.15) is 5.82 Å². The first-order valence-corrected chi connectivity index (χ1v) is 10.5. The molecule has 0 bridgehead atoms. The van der Waals surface area contributed by atoms with Crippen LogP contribution >= 0.6 is 0 Å². The zero-order chi connectivity index (χ0) is 19.4. The number of piperidine rings is 2. The maximum Gasteiger partial charge on any atom is 0.222 e. The summed E-state index contributed by atoms with van der Waals surface area (Å²) in [7, 11) is 0. The summed E-state index contributed by atoms with van der Waals surface area (Å²) >= 11 is 0. The van der Waals surface area contributed by atoms with Crippen molar-refractivity contribution in [3.8, 4) is 0 Å². The molecule has 0 unspecified atom stereocenters. The van der Waals surface area contributed by atoms with E-state index in [1.54, 1.807) is 6.20 Å². The maximum atomic E-state index is 12.7. The average Bonchev–Trinajstić information content (AvgIpc) is 3.05. The first-order chi connectivity index (χ1) is 13.0. The Morgan fingerprint density at radius 1 is 1.30 bits per heavy atom. The predicted molar refractivity (Wildman–Crippen MR) is 105 cm³/mol. The fourth-order valence-corrected chi connectivity index (χ4v) is 4.46. The van der Waals surface area contributed by atoms with Crippen molar-refractivity contribution in [1.82, 2.24) is 19.4 Å². The molecule has 2 aliphatic rings. The summed E-state index contributed by atoms with van der Waals surface area (Å²) in [5.41, 5.74) is 0. The molecule has 3 rings (SSSR count). The van der Waals surface area contributed by atoms with Gasteiger partial charge in [-0.25, -0.2) is 4.98 Å². The molecule has 3 heterocycles. The SMILES string of the molecule is Cc1nccn1CCCC(=O)N1CC[C@@H]2[C@@H](CCC(=O)N2CCC(C)C)C1. The second-order valence-electron chi connectivity index (χ2n) is 8.54. The number of aromatic nitrogens is 2. The van der Waals surface area contributed by atoms with Crippen LogP contribution in [0, 0.1) is 18.8 Å². The molecule has 1 aromatic heterocycles. The minimum atomic E-state index is 0.261. The summed E-state index contributed by atoms with van der Waals surface area (Å²) in [5, 5.41) is 0. The molecule has 2 amide bonds. The molecule has 0 aromatic carbocycles. The van der Waals surface area contributed by atoms with Gasteiger partial charge >= 0.3 is 0 Å². The summed E-state index contributed by atoms with van der Waals surface area (Å²) in [6.45, 7) is 9.72. The van der Waals surface area contributed by atoms with Gasteiger partial charge in [-0.1, -0.05) is 13.8 Å². The number of rotatable bonds is 7. The number of hydrogen-bond acceptors (Lipinski definition) is 3. The molecule has 0 aliphatic carbocycles. The van der Waals surface area contributed by atoms with E-state index in [2.05, 4.69) is 28.3 Å². The van der Waals surface area contributed by atoms with Crippen LogP contribution in [-0.4, -0.2) is 56.8 Å². The van der Waals surface area contributed by atoms with Gasteiger partial charge in [-0.2, -0.15) is 0 Å². The lowest BCUT2D eigenvalue weighted by Gasteiger charge is -2.47. The van der Waals surface area contributed by atoms with Crippen molar-refractivity contribution in [2.75, 3.05) is 19.6 Å². The van der Waals surface area contributed by atoms with Gasteiger partial charge in [0, 0.05) is 57.5 Å². The Hall–Kier alpha value is -1.85. The second-order valence-corrected chi connectivity index (χ2v) is 8.54. The van der Waals surface area contributed by atoms with Gasteiger partial charge in [0.2, 0.25) is 11.8 Å². The molecule has 6 heteroatoms. The molecule has 6 nitrogen and oxygen atoms in total. The predicted octanol–water partition coefficient (Wildman–Crippen LogP) is 2.86. The van der Waals surface area contributed by atoms with Crippen molar-refractivity contribution >= 4 is 11.8 Å². The molecule has 1 aromatic rings. The van der Waals surface area contributed by atoms with E-state index in [1.165, 1.54) is 0 Å².